The average molecular weight is 372 g/mol. The lowest BCUT2D eigenvalue weighted by atomic mass is 9.65. The summed E-state index contributed by atoms with van der Waals surface area (Å²) in [5.41, 5.74) is 0.330. The Morgan fingerprint density at radius 1 is 1.19 bits per heavy atom. The first-order valence-electron chi connectivity index (χ1n) is 9.72. The maximum Gasteiger partial charge on any atom is 0.312 e. The second-order valence-electron chi connectivity index (χ2n) is 9.35. The van der Waals surface area contributed by atoms with Crippen LogP contribution in [0.4, 0.5) is 0 Å². The molecule has 1 aromatic rings. The van der Waals surface area contributed by atoms with Gasteiger partial charge >= 0.3 is 11.8 Å². The van der Waals surface area contributed by atoms with Crippen LogP contribution in [0.3, 0.4) is 0 Å². The molecule has 3 atom stereocenters. The predicted octanol–water partition coefficient (Wildman–Crippen LogP) is 2.37. The van der Waals surface area contributed by atoms with Gasteiger partial charge in [-0.25, -0.2) is 0 Å². The molecule has 1 aromatic carbocycles. The Kier molecular flexibility index (Phi) is 4.32. The molecular weight excluding hydrogens is 344 g/mol. The summed E-state index contributed by atoms with van der Waals surface area (Å²) in [6.45, 7) is 8.01. The highest BCUT2D eigenvalue weighted by Gasteiger charge is 2.51. The van der Waals surface area contributed by atoms with Crippen molar-refractivity contribution in [3.05, 3.63) is 24.3 Å². The Hall–Kier alpha value is -2.24. The van der Waals surface area contributed by atoms with Crippen molar-refractivity contribution in [2.24, 2.45) is 10.8 Å². The van der Waals surface area contributed by atoms with Gasteiger partial charge in [0.25, 0.3) is 0 Å². The molecule has 1 saturated heterocycles. The Balaban J connectivity index is 1.34. The standard InChI is InChI=1S/C21H28N2O4/c1-20(2)8-14-9-21(3,12-20)13-23(14)19(25)18(24)22-10-15-11-26-16-6-4-5-7-17(16)27-15/h4-7,14-15H,8-13H2,1-3H3,(H,22,24). The SMILES string of the molecule is CC1(C)CC2CC(C)(CN2C(=O)C(=O)NCC2COc3ccccc3O2)C1. The monoisotopic (exact) mass is 372 g/mol. The molecule has 1 N–H and O–H groups in total. The number of likely N-dealkylation sites (tertiary alicyclic amines) is 1. The largest absolute Gasteiger partial charge is 0.486 e. The predicted molar refractivity (Wildman–Crippen MR) is 101 cm³/mol. The van der Waals surface area contributed by atoms with Crippen LogP contribution >= 0.6 is 0 Å². The Bertz CT molecular complexity index is 762. The molecule has 3 aliphatic rings. The molecule has 2 bridgehead atoms. The summed E-state index contributed by atoms with van der Waals surface area (Å²) in [7, 11) is 0. The number of nitrogens with one attached hydrogen (secondary N) is 1. The summed E-state index contributed by atoms with van der Waals surface area (Å²) in [6.07, 6.45) is 2.74. The lowest BCUT2D eigenvalue weighted by Crippen LogP contribution is -2.49. The molecular formula is C21H28N2O4. The molecule has 0 spiro atoms. The van der Waals surface area contributed by atoms with Gasteiger partial charge in [0.05, 0.1) is 6.54 Å². The minimum atomic E-state index is -0.550. The number of fused-ring (bicyclic) bond motifs is 3. The van der Waals surface area contributed by atoms with Gasteiger partial charge in [0, 0.05) is 12.6 Å². The van der Waals surface area contributed by atoms with E-state index in [-0.39, 0.29) is 29.5 Å². The van der Waals surface area contributed by atoms with Crippen LogP contribution in [0.1, 0.15) is 40.0 Å². The van der Waals surface area contributed by atoms with Gasteiger partial charge in [-0.15, -0.1) is 0 Å². The quantitative estimate of drug-likeness (QED) is 0.810. The van der Waals surface area contributed by atoms with Gasteiger partial charge in [-0.2, -0.15) is 0 Å². The van der Waals surface area contributed by atoms with Crippen molar-refractivity contribution >= 4 is 11.8 Å². The first kappa shape index (κ1) is 18.1. The molecule has 2 aliphatic heterocycles. The van der Waals surface area contributed by atoms with Crippen LogP contribution in [0, 0.1) is 10.8 Å². The number of hydrogen-bond acceptors (Lipinski definition) is 4. The van der Waals surface area contributed by atoms with Gasteiger partial charge in [0.15, 0.2) is 11.5 Å². The van der Waals surface area contributed by atoms with Crippen molar-refractivity contribution < 1.29 is 19.1 Å². The first-order valence-corrected chi connectivity index (χ1v) is 9.72. The Morgan fingerprint density at radius 3 is 2.70 bits per heavy atom. The second kappa shape index (κ2) is 6.43. The van der Waals surface area contributed by atoms with E-state index < -0.39 is 11.8 Å². The topological polar surface area (TPSA) is 67.9 Å². The van der Waals surface area contributed by atoms with Crippen LogP contribution in [0.15, 0.2) is 24.3 Å². The fourth-order valence-electron chi connectivity index (χ4n) is 5.27. The van der Waals surface area contributed by atoms with Crippen molar-refractivity contribution in [3.8, 4) is 11.5 Å². The van der Waals surface area contributed by atoms with E-state index >= 15 is 0 Å². The Morgan fingerprint density at radius 2 is 1.93 bits per heavy atom. The van der Waals surface area contributed by atoms with E-state index in [1.807, 2.05) is 24.3 Å². The van der Waals surface area contributed by atoms with E-state index in [0.717, 1.165) is 19.3 Å². The van der Waals surface area contributed by atoms with Crippen molar-refractivity contribution in [2.75, 3.05) is 19.7 Å². The number of nitrogens with zero attached hydrogens (tertiary/aromatic N) is 1. The third-order valence-corrected chi connectivity index (χ3v) is 5.93. The fourth-order valence-corrected chi connectivity index (χ4v) is 5.27. The number of hydrogen-bond donors (Lipinski definition) is 1. The molecule has 4 rings (SSSR count). The minimum absolute atomic E-state index is 0.117. The number of carbonyl (C=O) groups excluding carboxylic acids is 2. The Labute approximate surface area is 160 Å². The molecule has 2 fully saturated rings. The first-order chi connectivity index (χ1) is 12.7. The number of benzene rings is 1. The molecule has 146 valence electrons. The molecule has 27 heavy (non-hydrogen) atoms. The van der Waals surface area contributed by atoms with E-state index in [1.165, 1.54) is 0 Å². The summed E-state index contributed by atoms with van der Waals surface area (Å²) in [5.74, 6) is 0.402. The molecule has 2 amide bonds. The van der Waals surface area contributed by atoms with Gasteiger partial charge in [0.2, 0.25) is 0 Å². The third kappa shape index (κ3) is 3.62. The third-order valence-electron chi connectivity index (χ3n) is 5.93. The zero-order valence-corrected chi connectivity index (χ0v) is 16.3. The molecule has 2 heterocycles. The molecule has 3 unspecified atom stereocenters. The summed E-state index contributed by atoms with van der Waals surface area (Å²) >= 11 is 0. The van der Waals surface area contributed by atoms with Crippen LogP contribution in [-0.2, 0) is 9.59 Å². The van der Waals surface area contributed by atoms with Crippen LogP contribution < -0.4 is 14.8 Å². The number of carbonyl (C=O) groups is 2. The lowest BCUT2D eigenvalue weighted by Gasteiger charge is -2.39. The van der Waals surface area contributed by atoms with Crippen molar-refractivity contribution in [1.29, 1.82) is 0 Å². The normalized spacial score (nSPS) is 30.7. The fraction of sp³-hybridized carbons (Fsp3) is 0.619. The number of para-hydroxylation sites is 2. The molecule has 0 aromatic heterocycles. The minimum Gasteiger partial charge on any atom is -0.486 e. The molecule has 1 saturated carbocycles. The summed E-state index contributed by atoms with van der Waals surface area (Å²) in [4.78, 5) is 27.0. The van der Waals surface area contributed by atoms with E-state index in [0.29, 0.717) is 24.7 Å². The zero-order valence-electron chi connectivity index (χ0n) is 16.3. The zero-order chi connectivity index (χ0) is 19.2. The maximum atomic E-state index is 12.8. The number of rotatable bonds is 2. The van der Waals surface area contributed by atoms with Gasteiger partial charge in [0.1, 0.15) is 12.7 Å². The van der Waals surface area contributed by atoms with Crippen LogP contribution in [0.2, 0.25) is 0 Å². The van der Waals surface area contributed by atoms with Crippen molar-refractivity contribution in [3.63, 3.8) is 0 Å². The van der Waals surface area contributed by atoms with Gasteiger partial charge in [-0.1, -0.05) is 32.9 Å². The van der Waals surface area contributed by atoms with E-state index in [1.54, 1.807) is 4.90 Å². The molecule has 6 nitrogen and oxygen atoms in total. The lowest BCUT2D eigenvalue weighted by molar-refractivity contribution is -0.146. The second-order valence-corrected chi connectivity index (χ2v) is 9.35. The molecule has 6 heteroatoms. The van der Waals surface area contributed by atoms with Gasteiger partial charge in [-0.05, 0) is 42.2 Å². The van der Waals surface area contributed by atoms with E-state index in [4.69, 9.17) is 9.47 Å². The number of ether oxygens (including phenoxy) is 2. The van der Waals surface area contributed by atoms with Crippen molar-refractivity contribution in [2.45, 2.75) is 52.2 Å². The van der Waals surface area contributed by atoms with E-state index in [9.17, 15) is 9.59 Å². The summed E-state index contributed by atoms with van der Waals surface area (Å²) in [5, 5.41) is 2.74. The van der Waals surface area contributed by atoms with Crippen LogP contribution in [0.5, 0.6) is 11.5 Å². The maximum absolute atomic E-state index is 12.8. The summed E-state index contributed by atoms with van der Waals surface area (Å²) in [6, 6.07) is 7.61. The number of amides is 2. The van der Waals surface area contributed by atoms with Gasteiger partial charge in [-0.3, -0.25) is 9.59 Å². The molecule has 0 radical (unpaired) electrons. The smallest absolute Gasteiger partial charge is 0.312 e. The highest BCUT2D eigenvalue weighted by Crippen LogP contribution is 2.52. The highest BCUT2D eigenvalue weighted by atomic mass is 16.6. The van der Waals surface area contributed by atoms with Crippen LogP contribution in [-0.4, -0.2) is 48.6 Å². The molecule has 1 aliphatic carbocycles. The van der Waals surface area contributed by atoms with Crippen LogP contribution in [0.25, 0.3) is 0 Å². The van der Waals surface area contributed by atoms with Gasteiger partial charge < -0.3 is 19.7 Å². The highest BCUT2D eigenvalue weighted by molar-refractivity contribution is 6.35. The van der Waals surface area contributed by atoms with Crippen molar-refractivity contribution in [1.82, 2.24) is 10.2 Å². The summed E-state index contributed by atoms with van der Waals surface area (Å²) < 4.78 is 11.5. The average Bonchev–Trinajstić information content (AvgIpc) is 2.87. The van der Waals surface area contributed by atoms with E-state index in [2.05, 4.69) is 26.1 Å².